The molecule has 0 aliphatic heterocycles. The lowest BCUT2D eigenvalue weighted by Crippen LogP contribution is -2.32. The van der Waals surface area contributed by atoms with Crippen LogP contribution in [0.3, 0.4) is 0 Å². The first kappa shape index (κ1) is 18.7. The minimum atomic E-state index is -0.340. The van der Waals surface area contributed by atoms with Crippen LogP contribution in [0.5, 0.6) is 17.2 Å². The van der Waals surface area contributed by atoms with Crippen LogP contribution in [0.4, 0.5) is 10.5 Å². The predicted octanol–water partition coefficient (Wildman–Crippen LogP) is 3.95. The Kier molecular flexibility index (Phi) is 7.22. The Labute approximate surface area is 152 Å². The number of urea groups is 1. The number of hydrogen-bond acceptors (Lipinski definition) is 4. The Balaban J connectivity index is 1.73. The van der Waals surface area contributed by atoms with Crippen LogP contribution < -0.4 is 24.8 Å². The van der Waals surface area contributed by atoms with Gasteiger partial charge in [0.05, 0.1) is 25.3 Å². The largest absolute Gasteiger partial charge is 0.495 e. The summed E-state index contributed by atoms with van der Waals surface area (Å²) in [6, 6.07) is 12.0. The number of carbonyl (C=O) groups excluding carboxylic acids is 1. The van der Waals surface area contributed by atoms with Crippen molar-refractivity contribution in [3.8, 4) is 17.2 Å². The summed E-state index contributed by atoms with van der Waals surface area (Å²) in [5.74, 6) is 1.99. The van der Waals surface area contributed by atoms with Crippen LogP contribution in [-0.4, -0.2) is 32.9 Å². The van der Waals surface area contributed by atoms with Crippen molar-refractivity contribution >= 4 is 23.3 Å². The van der Waals surface area contributed by atoms with Gasteiger partial charge in [0, 0.05) is 11.8 Å². The normalized spacial score (nSPS) is 10.0. The van der Waals surface area contributed by atoms with Gasteiger partial charge in [0.2, 0.25) is 0 Å². The van der Waals surface area contributed by atoms with E-state index in [4.69, 9.17) is 25.8 Å². The lowest BCUT2D eigenvalue weighted by Gasteiger charge is -2.11. The van der Waals surface area contributed by atoms with Crippen LogP contribution in [0.2, 0.25) is 5.02 Å². The van der Waals surface area contributed by atoms with E-state index in [0.29, 0.717) is 42.0 Å². The lowest BCUT2D eigenvalue weighted by molar-refractivity contribution is 0.247. The van der Waals surface area contributed by atoms with Crippen LogP contribution in [0, 0.1) is 0 Å². The van der Waals surface area contributed by atoms with Crippen molar-refractivity contribution in [1.29, 1.82) is 0 Å². The van der Waals surface area contributed by atoms with Gasteiger partial charge < -0.3 is 24.8 Å². The van der Waals surface area contributed by atoms with Gasteiger partial charge in [0.1, 0.15) is 23.9 Å². The molecule has 0 radical (unpaired) electrons. The van der Waals surface area contributed by atoms with E-state index < -0.39 is 0 Å². The molecule has 134 valence electrons. The molecule has 2 aromatic carbocycles. The number of amides is 2. The summed E-state index contributed by atoms with van der Waals surface area (Å²) in [7, 11) is 1.53. The van der Waals surface area contributed by atoms with E-state index in [0.717, 1.165) is 5.75 Å². The van der Waals surface area contributed by atoms with Crippen LogP contribution in [-0.2, 0) is 0 Å². The van der Waals surface area contributed by atoms with Gasteiger partial charge in [-0.25, -0.2) is 4.79 Å². The molecule has 2 rings (SSSR count). The highest BCUT2D eigenvalue weighted by Crippen LogP contribution is 2.27. The SMILES string of the molecule is CCOc1cccc(OCCNC(=O)Nc2ccc(OC)c(Cl)c2)c1. The fourth-order valence-electron chi connectivity index (χ4n) is 2.07. The number of carbonyl (C=O) groups is 1. The summed E-state index contributed by atoms with van der Waals surface area (Å²) in [6.45, 7) is 3.22. The van der Waals surface area contributed by atoms with Crippen molar-refractivity contribution in [2.24, 2.45) is 0 Å². The van der Waals surface area contributed by atoms with Crippen molar-refractivity contribution in [3.05, 3.63) is 47.5 Å². The highest BCUT2D eigenvalue weighted by atomic mass is 35.5. The molecule has 0 aromatic heterocycles. The summed E-state index contributed by atoms with van der Waals surface area (Å²) < 4.78 is 16.1. The van der Waals surface area contributed by atoms with Crippen molar-refractivity contribution in [2.45, 2.75) is 6.92 Å². The molecule has 0 fully saturated rings. The van der Waals surface area contributed by atoms with Gasteiger partial charge in [-0.1, -0.05) is 17.7 Å². The number of benzene rings is 2. The van der Waals surface area contributed by atoms with E-state index in [9.17, 15) is 4.79 Å². The summed E-state index contributed by atoms with van der Waals surface area (Å²) in [6.07, 6.45) is 0. The van der Waals surface area contributed by atoms with Crippen LogP contribution in [0.15, 0.2) is 42.5 Å². The first-order chi connectivity index (χ1) is 12.1. The molecule has 0 saturated heterocycles. The molecule has 0 unspecified atom stereocenters. The number of rotatable bonds is 8. The summed E-state index contributed by atoms with van der Waals surface area (Å²) in [5.41, 5.74) is 0.577. The van der Waals surface area contributed by atoms with Gasteiger partial charge in [-0.05, 0) is 37.3 Å². The monoisotopic (exact) mass is 364 g/mol. The second-order valence-corrected chi connectivity index (χ2v) is 5.39. The highest BCUT2D eigenvalue weighted by Gasteiger charge is 2.05. The van der Waals surface area contributed by atoms with Crippen LogP contribution >= 0.6 is 11.6 Å². The average Bonchev–Trinajstić information content (AvgIpc) is 2.60. The molecule has 0 heterocycles. The van der Waals surface area contributed by atoms with Crippen LogP contribution in [0.1, 0.15) is 6.92 Å². The number of halogens is 1. The Bertz CT molecular complexity index is 709. The zero-order valence-electron chi connectivity index (χ0n) is 14.2. The Hall–Kier alpha value is -2.60. The number of nitrogens with one attached hydrogen (secondary N) is 2. The van der Waals surface area contributed by atoms with Gasteiger partial charge >= 0.3 is 6.03 Å². The van der Waals surface area contributed by atoms with Gasteiger partial charge in [-0.3, -0.25) is 0 Å². The smallest absolute Gasteiger partial charge is 0.319 e. The number of methoxy groups -OCH3 is 1. The standard InChI is InChI=1S/C18H21ClN2O4/c1-3-24-14-5-4-6-15(12-14)25-10-9-20-18(22)21-13-7-8-17(23-2)16(19)11-13/h4-8,11-12H,3,9-10H2,1-2H3,(H2,20,21,22). The first-order valence-electron chi connectivity index (χ1n) is 7.86. The second-order valence-electron chi connectivity index (χ2n) is 4.99. The third-order valence-corrected chi connectivity index (χ3v) is 3.48. The van der Waals surface area contributed by atoms with E-state index in [1.165, 1.54) is 7.11 Å². The molecule has 0 aliphatic rings. The minimum absolute atomic E-state index is 0.340. The molecule has 2 aromatic rings. The van der Waals surface area contributed by atoms with E-state index in [-0.39, 0.29) is 6.03 Å². The minimum Gasteiger partial charge on any atom is -0.495 e. The molecule has 25 heavy (non-hydrogen) atoms. The maximum absolute atomic E-state index is 11.9. The molecule has 0 spiro atoms. The molecule has 0 atom stereocenters. The predicted molar refractivity (Wildman–Crippen MR) is 98.1 cm³/mol. The van der Waals surface area contributed by atoms with Gasteiger partial charge in [0.15, 0.2) is 0 Å². The third kappa shape index (κ3) is 6.08. The summed E-state index contributed by atoms with van der Waals surface area (Å²) in [5, 5.41) is 5.83. The topological polar surface area (TPSA) is 68.8 Å². The maximum Gasteiger partial charge on any atom is 0.319 e. The molecule has 0 aliphatic carbocycles. The van der Waals surface area contributed by atoms with Gasteiger partial charge in [0.25, 0.3) is 0 Å². The lowest BCUT2D eigenvalue weighted by atomic mass is 10.3. The van der Waals surface area contributed by atoms with E-state index in [1.807, 2.05) is 31.2 Å². The summed E-state index contributed by atoms with van der Waals surface area (Å²) >= 11 is 6.02. The molecule has 7 heteroatoms. The molecule has 0 bridgehead atoms. The molecule has 6 nitrogen and oxygen atoms in total. The maximum atomic E-state index is 11.9. The molecular formula is C18H21ClN2O4. The van der Waals surface area contributed by atoms with Crippen molar-refractivity contribution in [3.63, 3.8) is 0 Å². The van der Waals surface area contributed by atoms with Crippen molar-refractivity contribution in [2.75, 3.05) is 32.2 Å². The average molecular weight is 365 g/mol. The zero-order chi connectivity index (χ0) is 18.1. The van der Waals surface area contributed by atoms with E-state index in [2.05, 4.69) is 10.6 Å². The number of anilines is 1. The zero-order valence-corrected chi connectivity index (χ0v) is 14.9. The quantitative estimate of drug-likeness (QED) is 0.696. The summed E-state index contributed by atoms with van der Waals surface area (Å²) in [4.78, 5) is 11.9. The Morgan fingerprint density at radius 2 is 1.88 bits per heavy atom. The second kappa shape index (κ2) is 9.64. The van der Waals surface area contributed by atoms with Crippen molar-refractivity contribution in [1.82, 2.24) is 5.32 Å². The highest BCUT2D eigenvalue weighted by molar-refractivity contribution is 6.32. The molecule has 2 amide bonds. The van der Waals surface area contributed by atoms with Crippen molar-refractivity contribution < 1.29 is 19.0 Å². The first-order valence-corrected chi connectivity index (χ1v) is 8.24. The Morgan fingerprint density at radius 1 is 1.12 bits per heavy atom. The molecular weight excluding hydrogens is 344 g/mol. The molecule has 2 N–H and O–H groups in total. The van der Waals surface area contributed by atoms with E-state index in [1.54, 1.807) is 18.2 Å². The number of ether oxygens (including phenoxy) is 3. The van der Waals surface area contributed by atoms with Gasteiger partial charge in [-0.2, -0.15) is 0 Å². The third-order valence-electron chi connectivity index (χ3n) is 3.18. The van der Waals surface area contributed by atoms with Gasteiger partial charge in [-0.15, -0.1) is 0 Å². The van der Waals surface area contributed by atoms with E-state index >= 15 is 0 Å². The Morgan fingerprint density at radius 3 is 2.56 bits per heavy atom. The number of hydrogen-bond donors (Lipinski definition) is 2. The fraction of sp³-hybridized carbons (Fsp3) is 0.278. The van der Waals surface area contributed by atoms with Crippen LogP contribution in [0.25, 0.3) is 0 Å². The fourth-order valence-corrected chi connectivity index (χ4v) is 2.33. The molecule has 0 saturated carbocycles.